The molecule has 0 fully saturated rings. The molecule has 0 saturated heterocycles. The van der Waals surface area contributed by atoms with Crippen molar-refractivity contribution in [2.75, 3.05) is 6.54 Å². The van der Waals surface area contributed by atoms with Gasteiger partial charge in [-0.2, -0.15) is 0 Å². The van der Waals surface area contributed by atoms with E-state index in [1.165, 1.54) is 35.6 Å². The predicted octanol–water partition coefficient (Wildman–Crippen LogP) is 4.75. The summed E-state index contributed by atoms with van der Waals surface area (Å²) in [6.07, 6.45) is 7.33. The van der Waals surface area contributed by atoms with Crippen LogP contribution >= 0.6 is 11.3 Å². The number of unbranched alkanes of at least 4 members (excludes halogenated alkanes) is 1. The molecule has 0 aliphatic carbocycles. The second-order valence-corrected chi connectivity index (χ2v) is 7.54. The molecule has 1 aromatic rings. The molecular weight excluding hydrogens is 252 g/mol. The van der Waals surface area contributed by atoms with E-state index in [2.05, 4.69) is 44.9 Å². The number of rotatable bonds is 8. The third-order valence-corrected chi connectivity index (χ3v) is 4.89. The summed E-state index contributed by atoms with van der Waals surface area (Å²) in [7, 11) is 0. The molecular formula is C16H30N2S. The molecule has 1 aromatic heterocycles. The maximum Gasteiger partial charge on any atom is 0.0981 e. The molecule has 1 N–H and O–H groups in total. The van der Waals surface area contributed by atoms with E-state index in [0.717, 1.165) is 19.0 Å². The first-order valence-electron chi connectivity index (χ1n) is 7.63. The minimum Gasteiger partial charge on any atom is -0.312 e. The first kappa shape index (κ1) is 16.6. The Morgan fingerprint density at radius 1 is 1.32 bits per heavy atom. The number of thiazole rings is 1. The number of nitrogens with zero attached hydrogens (tertiary/aromatic N) is 1. The smallest absolute Gasteiger partial charge is 0.0981 e. The Kier molecular flexibility index (Phi) is 7.01. The summed E-state index contributed by atoms with van der Waals surface area (Å²) in [6, 6.07) is 0. The monoisotopic (exact) mass is 282 g/mol. The lowest BCUT2D eigenvalue weighted by Crippen LogP contribution is -2.21. The topological polar surface area (TPSA) is 24.9 Å². The van der Waals surface area contributed by atoms with Crippen molar-refractivity contribution in [3.63, 3.8) is 0 Å². The van der Waals surface area contributed by atoms with Gasteiger partial charge in [-0.1, -0.05) is 53.9 Å². The average Bonchev–Trinajstić information content (AvgIpc) is 2.82. The molecule has 19 heavy (non-hydrogen) atoms. The summed E-state index contributed by atoms with van der Waals surface area (Å²) in [5.41, 5.74) is 0.177. The molecule has 0 amide bonds. The molecule has 0 aliphatic rings. The molecule has 0 radical (unpaired) electrons. The van der Waals surface area contributed by atoms with Crippen molar-refractivity contribution in [3.8, 4) is 0 Å². The Bertz CT molecular complexity index is 352. The van der Waals surface area contributed by atoms with Gasteiger partial charge < -0.3 is 5.32 Å². The molecule has 3 heteroatoms. The van der Waals surface area contributed by atoms with Gasteiger partial charge in [0.25, 0.3) is 0 Å². The van der Waals surface area contributed by atoms with Crippen LogP contribution in [-0.2, 0) is 12.0 Å². The highest BCUT2D eigenvalue weighted by atomic mass is 32.1. The predicted molar refractivity (Wildman–Crippen MR) is 85.8 cm³/mol. The molecule has 1 atom stereocenters. The lowest BCUT2D eigenvalue weighted by Gasteiger charge is -2.15. The van der Waals surface area contributed by atoms with E-state index in [1.54, 1.807) is 0 Å². The minimum absolute atomic E-state index is 0.177. The molecule has 110 valence electrons. The highest BCUT2D eigenvalue weighted by Crippen LogP contribution is 2.26. The van der Waals surface area contributed by atoms with Crippen molar-refractivity contribution >= 4 is 11.3 Å². The largest absolute Gasteiger partial charge is 0.312 e. The average molecular weight is 282 g/mol. The van der Waals surface area contributed by atoms with Gasteiger partial charge in [0, 0.05) is 23.0 Å². The van der Waals surface area contributed by atoms with Gasteiger partial charge in [-0.05, 0) is 18.9 Å². The van der Waals surface area contributed by atoms with E-state index in [4.69, 9.17) is 0 Å². The SMILES string of the molecule is CCCCC(CC)CNCc1cnc(C(C)(C)C)s1. The Morgan fingerprint density at radius 3 is 2.58 bits per heavy atom. The van der Waals surface area contributed by atoms with Gasteiger partial charge in [0.2, 0.25) is 0 Å². The van der Waals surface area contributed by atoms with Crippen molar-refractivity contribution in [2.24, 2.45) is 5.92 Å². The Hall–Kier alpha value is -0.410. The lowest BCUT2D eigenvalue weighted by atomic mass is 9.98. The van der Waals surface area contributed by atoms with Gasteiger partial charge in [0.05, 0.1) is 5.01 Å². The highest BCUT2D eigenvalue weighted by molar-refractivity contribution is 7.11. The molecule has 0 spiro atoms. The molecule has 1 unspecified atom stereocenters. The van der Waals surface area contributed by atoms with Crippen LogP contribution in [0.5, 0.6) is 0 Å². The molecule has 2 nitrogen and oxygen atoms in total. The number of hydrogen-bond donors (Lipinski definition) is 1. The van der Waals surface area contributed by atoms with Gasteiger partial charge >= 0.3 is 0 Å². The quantitative estimate of drug-likeness (QED) is 0.744. The van der Waals surface area contributed by atoms with Gasteiger partial charge in [-0.3, -0.25) is 0 Å². The van der Waals surface area contributed by atoms with Crippen LogP contribution in [0.25, 0.3) is 0 Å². The zero-order valence-corrected chi connectivity index (χ0v) is 14.1. The molecule has 0 saturated carbocycles. The van der Waals surface area contributed by atoms with Crippen molar-refractivity contribution in [3.05, 3.63) is 16.1 Å². The fourth-order valence-corrected chi connectivity index (χ4v) is 3.02. The maximum absolute atomic E-state index is 4.53. The third kappa shape index (κ3) is 6.05. The first-order valence-corrected chi connectivity index (χ1v) is 8.44. The van der Waals surface area contributed by atoms with E-state index in [9.17, 15) is 0 Å². The fourth-order valence-electron chi connectivity index (χ4n) is 2.08. The van der Waals surface area contributed by atoms with Crippen LogP contribution in [-0.4, -0.2) is 11.5 Å². The summed E-state index contributed by atoms with van der Waals surface area (Å²) < 4.78 is 0. The summed E-state index contributed by atoms with van der Waals surface area (Å²) in [5, 5.41) is 4.84. The van der Waals surface area contributed by atoms with Crippen LogP contribution in [0.2, 0.25) is 0 Å². The van der Waals surface area contributed by atoms with E-state index in [-0.39, 0.29) is 5.41 Å². The zero-order chi connectivity index (χ0) is 14.3. The first-order chi connectivity index (χ1) is 8.97. The summed E-state index contributed by atoms with van der Waals surface area (Å²) >= 11 is 1.84. The van der Waals surface area contributed by atoms with Crippen LogP contribution in [0, 0.1) is 5.92 Å². The zero-order valence-electron chi connectivity index (χ0n) is 13.3. The highest BCUT2D eigenvalue weighted by Gasteiger charge is 2.17. The lowest BCUT2D eigenvalue weighted by molar-refractivity contribution is 0.420. The molecule has 1 rings (SSSR count). The van der Waals surface area contributed by atoms with Crippen LogP contribution in [0.15, 0.2) is 6.20 Å². The van der Waals surface area contributed by atoms with Crippen molar-refractivity contribution in [2.45, 2.75) is 72.3 Å². The molecule has 0 bridgehead atoms. The number of nitrogens with one attached hydrogen (secondary N) is 1. The summed E-state index contributed by atoms with van der Waals surface area (Å²) in [4.78, 5) is 5.89. The van der Waals surface area contributed by atoms with E-state index in [1.807, 2.05) is 17.5 Å². The summed E-state index contributed by atoms with van der Waals surface area (Å²) in [6.45, 7) is 13.3. The van der Waals surface area contributed by atoms with Crippen LogP contribution in [0.3, 0.4) is 0 Å². The second kappa shape index (κ2) is 8.01. The number of hydrogen-bond acceptors (Lipinski definition) is 3. The second-order valence-electron chi connectivity index (χ2n) is 6.43. The Labute approximate surface area is 123 Å². The van der Waals surface area contributed by atoms with Crippen molar-refractivity contribution in [1.29, 1.82) is 0 Å². The molecule has 0 aliphatic heterocycles. The fraction of sp³-hybridized carbons (Fsp3) is 0.812. The minimum atomic E-state index is 0.177. The molecule has 0 aromatic carbocycles. The third-order valence-electron chi connectivity index (χ3n) is 3.47. The van der Waals surface area contributed by atoms with Crippen LogP contribution < -0.4 is 5.32 Å². The Morgan fingerprint density at radius 2 is 2.05 bits per heavy atom. The number of aromatic nitrogens is 1. The van der Waals surface area contributed by atoms with Crippen molar-refractivity contribution < 1.29 is 0 Å². The van der Waals surface area contributed by atoms with Gasteiger partial charge in [0.15, 0.2) is 0 Å². The van der Waals surface area contributed by atoms with Crippen LogP contribution in [0.1, 0.15) is 70.2 Å². The van der Waals surface area contributed by atoms with E-state index >= 15 is 0 Å². The van der Waals surface area contributed by atoms with E-state index in [0.29, 0.717) is 0 Å². The standard InChI is InChI=1S/C16H30N2S/c1-6-8-9-13(7-2)10-17-11-14-12-18-15(19-14)16(3,4)5/h12-13,17H,6-11H2,1-5H3. The van der Waals surface area contributed by atoms with E-state index < -0.39 is 0 Å². The van der Waals surface area contributed by atoms with Gasteiger partial charge in [-0.25, -0.2) is 4.98 Å². The molecule has 1 heterocycles. The Balaban J connectivity index is 2.34. The normalized spacial score (nSPS) is 13.7. The van der Waals surface area contributed by atoms with Crippen LogP contribution in [0.4, 0.5) is 0 Å². The van der Waals surface area contributed by atoms with Gasteiger partial charge in [-0.15, -0.1) is 11.3 Å². The summed E-state index contributed by atoms with van der Waals surface area (Å²) in [5.74, 6) is 0.829. The maximum atomic E-state index is 4.53. The van der Waals surface area contributed by atoms with Gasteiger partial charge in [0.1, 0.15) is 0 Å². The van der Waals surface area contributed by atoms with Crippen molar-refractivity contribution in [1.82, 2.24) is 10.3 Å².